The molecular formula is C24H25FN8. The molecule has 8 nitrogen and oxygen atoms in total. The fraction of sp³-hybridized carbons (Fsp3) is 0.333. The zero-order chi connectivity index (χ0) is 23.1. The third kappa shape index (κ3) is 3.83. The Morgan fingerprint density at radius 3 is 2.88 bits per heavy atom. The summed E-state index contributed by atoms with van der Waals surface area (Å²) >= 11 is 0. The van der Waals surface area contributed by atoms with Gasteiger partial charge in [-0.15, -0.1) is 0 Å². The first-order valence-electron chi connectivity index (χ1n) is 11.0. The van der Waals surface area contributed by atoms with Crippen LogP contribution in [0.25, 0.3) is 21.9 Å². The number of pyridine rings is 1. The lowest BCUT2D eigenvalue weighted by Gasteiger charge is -2.36. The van der Waals surface area contributed by atoms with Crippen LogP contribution in [-0.2, 0) is 6.42 Å². The number of hydrogen-bond acceptors (Lipinski definition) is 7. The molecule has 4 heterocycles. The largest absolute Gasteiger partial charge is 0.386 e. The van der Waals surface area contributed by atoms with Crippen molar-refractivity contribution in [3.63, 3.8) is 0 Å². The van der Waals surface area contributed by atoms with E-state index in [4.69, 9.17) is 21.0 Å². The van der Waals surface area contributed by atoms with Crippen LogP contribution in [-0.4, -0.2) is 46.1 Å². The highest BCUT2D eigenvalue weighted by molar-refractivity contribution is 6.14. The van der Waals surface area contributed by atoms with Crippen LogP contribution in [0.15, 0.2) is 30.5 Å². The summed E-state index contributed by atoms with van der Waals surface area (Å²) < 4.78 is 14.5. The molecule has 3 aromatic heterocycles. The van der Waals surface area contributed by atoms with Crippen molar-refractivity contribution in [1.82, 2.24) is 19.9 Å². The molecule has 33 heavy (non-hydrogen) atoms. The lowest BCUT2D eigenvalue weighted by molar-refractivity contribution is 0.382. The van der Waals surface area contributed by atoms with E-state index in [1.807, 2.05) is 12.1 Å². The average Bonchev–Trinajstić information content (AvgIpc) is 3.18. The summed E-state index contributed by atoms with van der Waals surface area (Å²) in [6.45, 7) is 3.69. The average molecular weight is 445 g/mol. The number of nitrogens with one attached hydrogen (secondary N) is 2. The van der Waals surface area contributed by atoms with Crippen LogP contribution < -0.4 is 16.0 Å². The lowest BCUT2D eigenvalue weighted by atomic mass is 9.94. The van der Waals surface area contributed by atoms with Gasteiger partial charge >= 0.3 is 0 Å². The van der Waals surface area contributed by atoms with Gasteiger partial charge in [-0.3, -0.25) is 0 Å². The zero-order valence-electron chi connectivity index (χ0n) is 18.6. The number of rotatable bonds is 4. The van der Waals surface area contributed by atoms with Crippen molar-refractivity contribution in [2.45, 2.75) is 25.8 Å². The van der Waals surface area contributed by atoms with Gasteiger partial charge in [-0.05, 0) is 36.1 Å². The first-order chi connectivity index (χ1) is 16.0. The maximum Gasteiger partial charge on any atom is 0.144 e. The molecule has 1 saturated heterocycles. The minimum absolute atomic E-state index is 0.152. The van der Waals surface area contributed by atoms with E-state index in [-0.39, 0.29) is 11.9 Å². The second kappa shape index (κ2) is 8.30. The number of halogens is 1. The normalized spacial score (nSPS) is 18.6. The molecular weight excluding hydrogens is 419 g/mol. The van der Waals surface area contributed by atoms with Crippen molar-refractivity contribution < 1.29 is 4.39 Å². The van der Waals surface area contributed by atoms with Gasteiger partial charge in [0.15, 0.2) is 0 Å². The molecule has 0 saturated carbocycles. The van der Waals surface area contributed by atoms with Crippen molar-refractivity contribution in [3.8, 4) is 6.07 Å². The number of H-pyrrole nitrogens is 1. The minimum atomic E-state index is -0.319. The summed E-state index contributed by atoms with van der Waals surface area (Å²) in [5.41, 5.74) is 9.66. The number of nitrogens with zero attached hydrogens (tertiary/aromatic N) is 5. The van der Waals surface area contributed by atoms with Crippen molar-refractivity contribution >= 4 is 33.4 Å². The maximum absolute atomic E-state index is 14.5. The van der Waals surface area contributed by atoms with Gasteiger partial charge in [0.05, 0.1) is 16.6 Å². The van der Waals surface area contributed by atoms with E-state index < -0.39 is 0 Å². The Morgan fingerprint density at radius 1 is 1.33 bits per heavy atom. The predicted molar refractivity (Wildman–Crippen MR) is 127 cm³/mol. The lowest BCUT2D eigenvalue weighted by Crippen LogP contribution is -2.46. The molecule has 5 rings (SSSR count). The number of aromatic amines is 1. The SMILES string of the molecule is CNc1cc(F)cc2c1[nH]c1nc(Cc3ccc(C#N)nc3)nc(N3CCC(N)[C@H](C)C3)c12. The van der Waals surface area contributed by atoms with Gasteiger partial charge in [0, 0.05) is 44.2 Å². The highest BCUT2D eigenvalue weighted by Crippen LogP contribution is 2.37. The van der Waals surface area contributed by atoms with E-state index in [0.717, 1.165) is 47.2 Å². The molecule has 1 unspecified atom stereocenters. The molecule has 1 aliphatic heterocycles. The summed E-state index contributed by atoms with van der Waals surface area (Å²) in [5.74, 6) is 1.41. The molecule has 9 heteroatoms. The van der Waals surface area contributed by atoms with Gasteiger partial charge in [-0.25, -0.2) is 19.3 Å². The Balaban J connectivity index is 1.68. The zero-order valence-corrected chi connectivity index (χ0v) is 18.6. The molecule has 168 valence electrons. The summed E-state index contributed by atoms with van der Waals surface area (Å²) in [4.78, 5) is 19.5. The van der Waals surface area contributed by atoms with Crippen molar-refractivity contribution in [1.29, 1.82) is 5.26 Å². The number of benzene rings is 1. The maximum atomic E-state index is 14.5. The molecule has 0 bridgehead atoms. The van der Waals surface area contributed by atoms with Crippen molar-refractivity contribution in [2.75, 3.05) is 30.4 Å². The molecule has 0 spiro atoms. The van der Waals surface area contributed by atoms with Crippen LogP contribution in [0.3, 0.4) is 0 Å². The predicted octanol–water partition coefficient (Wildman–Crippen LogP) is 3.32. The molecule has 0 aliphatic carbocycles. The minimum Gasteiger partial charge on any atom is -0.386 e. The molecule has 4 aromatic rings. The van der Waals surface area contributed by atoms with Crippen molar-refractivity contribution in [2.24, 2.45) is 11.7 Å². The number of hydrogen-bond donors (Lipinski definition) is 3. The number of aromatic nitrogens is 4. The number of nitrogens with two attached hydrogens (primary N) is 1. The van der Waals surface area contributed by atoms with Gasteiger partial charge in [-0.2, -0.15) is 5.26 Å². The highest BCUT2D eigenvalue weighted by Gasteiger charge is 2.27. The van der Waals surface area contributed by atoms with E-state index >= 15 is 0 Å². The number of nitriles is 1. The first-order valence-corrected chi connectivity index (χ1v) is 11.0. The third-order valence-corrected chi connectivity index (χ3v) is 6.39. The topological polar surface area (TPSA) is 120 Å². The van der Waals surface area contributed by atoms with Crippen LogP contribution in [0, 0.1) is 23.1 Å². The van der Waals surface area contributed by atoms with E-state index in [2.05, 4.69) is 27.1 Å². The van der Waals surface area contributed by atoms with Crippen LogP contribution in [0.4, 0.5) is 15.9 Å². The first kappa shape index (κ1) is 21.1. The number of anilines is 2. The Bertz CT molecular complexity index is 1370. The standard InChI is InChI=1S/C24H25FN8/c1-13-12-33(6-5-18(13)27)24-21-17-8-15(25)9-19(28-2)22(17)32-23(21)30-20(31-24)7-14-3-4-16(10-26)29-11-14/h3-4,8-9,11,13,18,28H,5-7,12,27H2,1-2H3,(H,30,31,32)/t13-,18?/m1/s1. The Kier molecular flexibility index (Phi) is 5.30. The van der Waals surface area contributed by atoms with E-state index in [1.54, 1.807) is 19.3 Å². The monoisotopic (exact) mass is 444 g/mol. The van der Waals surface area contributed by atoms with Crippen LogP contribution in [0.5, 0.6) is 0 Å². The fourth-order valence-electron chi connectivity index (χ4n) is 4.53. The van der Waals surface area contributed by atoms with E-state index in [1.165, 1.54) is 12.1 Å². The molecule has 2 atom stereocenters. The number of fused-ring (bicyclic) bond motifs is 3. The molecule has 1 aliphatic rings. The van der Waals surface area contributed by atoms with Gasteiger partial charge in [0.1, 0.15) is 34.9 Å². The summed E-state index contributed by atoms with van der Waals surface area (Å²) in [6, 6.07) is 8.73. The Morgan fingerprint density at radius 2 is 2.18 bits per heavy atom. The number of piperidine rings is 1. The van der Waals surface area contributed by atoms with Gasteiger partial charge in [0.2, 0.25) is 0 Å². The van der Waals surface area contributed by atoms with Gasteiger partial charge in [-0.1, -0.05) is 13.0 Å². The highest BCUT2D eigenvalue weighted by atomic mass is 19.1. The van der Waals surface area contributed by atoms with Crippen LogP contribution in [0.2, 0.25) is 0 Å². The molecule has 0 amide bonds. The summed E-state index contributed by atoms with van der Waals surface area (Å²) in [5, 5.41) is 13.6. The molecule has 1 aromatic carbocycles. The molecule has 1 fully saturated rings. The third-order valence-electron chi connectivity index (χ3n) is 6.39. The Hall–Kier alpha value is -3.77. The smallest absolute Gasteiger partial charge is 0.144 e. The van der Waals surface area contributed by atoms with Gasteiger partial charge in [0.25, 0.3) is 0 Å². The Labute approximate surface area is 190 Å². The van der Waals surface area contributed by atoms with E-state index in [9.17, 15) is 4.39 Å². The van der Waals surface area contributed by atoms with E-state index in [0.29, 0.717) is 35.2 Å². The van der Waals surface area contributed by atoms with Gasteiger partial charge < -0.3 is 20.9 Å². The molecule has 4 N–H and O–H groups in total. The van der Waals surface area contributed by atoms with Crippen molar-refractivity contribution in [3.05, 3.63) is 53.4 Å². The second-order valence-corrected chi connectivity index (χ2v) is 8.65. The van der Waals surface area contributed by atoms with Crippen LogP contribution in [0.1, 0.15) is 30.4 Å². The fourth-order valence-corrected chi connectivity index (χ4v) is 4.53. The quantitative estimate of drug-likeness (QED) is 0.442. The summed E-state index contributed by atoms with van der Waals surface area (Å²) in [6.07, 6.45) is 3.00. The molecule has 0 radical (unpaired) electrons. The summed E-state index contributed by atoms with van der Waals surface area (Å²) in [7, 11) is 1.77. The van der Waals surface area contributed by atoms with Crippen LogP contribution >= 0.6 is 0 Å². The second-order valence-electron chi connectivity index (χ2n) is 8.65.